The quantitative estimate of drug-likeness (QED) is 0.754. The second-order valence-electron chi connectivity index (χ2n) is 4.86. The minimum Gasteiger partial charge on any atom is -0.316 e. The third-order valence-electron chi connectivity index (χ3n) is 2.35. The van der Waals surface area contributed by atoms with E-state index in [2.05, 4.69) is 38.0 Å². The van der Waals surface area contributed by atoms with Gasteiger partial charge in [-0.3, -0.25) is 0 Å². The van der Waals surface area contributed by atoms with Gasteiger partial charge in [0.1, 0.15) is 0 Å². The molecule has 0 saturated carbocycles. The maximum absolute atomic E-state index is 4.30. The Kier molecular flexibility index (Phi) is 4.74. The number of aromatic nitrogens is 1. The number of rotatable bonds is 6. The van der Waals surface area contributed by atoms with Crippen molar-refractivity contribution in [2.75, 3.05) is 13.1 Å². The lowest BCUT2D eigenvalue weighted by Gasteiger charge is -2.24. The summed E-state index contributed by atoms with van der Waals surface area (Å²) < 4.78 is 0. The van der Waals surface area contributed by atoms with Gasteiger partial charge in [-0.15, -0.1) is 11.3 Å². The molecule has 0 radical (unpaired) electrons. The summed E-state index contributed by atoms with van der Waals surface area (Å²) in [6.45, 7) is 11.1. The Labute approximate surface area is 97.1 Å². The minimum absolute atomic E-state index is 0.328. The van der Waals surface area contributed by atoms with E-state index in [1.54, 1.807) is 0 Å². The van der Waals surface area contributed by atoms with E-state index in [1.807, 2.05) is 17.5 Å². The maximum atomic E-state index is 4.30. The van der Waals surface area contributed by atoms with E-state index >= 15 is 0 Å². The van der Waals surface area contributed by atoms with Gasteiger partial charge in [0, 0.05) is 17.6 Å². The highest BCUT2D eigenvalue weighted by atomic mass is 32.1. The number of nitrogens with one attached hydrogen (secondary N) is 1. The van der Waals surface area contributed by atoms with Crippen LogP contribution in [-0.2, 0) is 6.42 Å². The molecule has 86 valence electrons. The Morgan fingerprint density at radius 2 is 2.20 bits per heavy atom. The number of hydrogen-bond acceptors (Lipinski definition) is 3. The molecule has 0 saturated heterocycles. The van der Waals surface area contributed by atoms with Crippen LogP contribution in [0.5, 0.6) is 0 Å². The highest BCUT2D eigenvalue weighted by molar-refractivity contribution is 7.11. The molecule has 0 bridgehead atoms. The van der Waals surface area contributed by atoms with E-state index < -0.39 is 0 Å². The lowest BCUT2D eigenvalue weighted by atomic mass is 9.89. The number of aryl methyl sites for hydroxylation is 1. The Morgan fingerprint density at radius 1 is 1.47 bits per heavy atom. The molecule has 1 aromatic heterocycles. The summed E-state index contributed by atoms with van der Waals surface area (Å²) in [4.78, 5) is 5.69. The first-order chi connectivity index (χ1) is 7.03. The predicted octanol–water partition coefficient (Wildman–Crippen LogP) is 3.02. The summed E-state index contributed by atoms with van der Waals surface area (Å²) in [5, 5.41) is 4.66. The normalized spacial score (nSPS) is 12.0. The first kappa shape index (κ1) is 12.7. The van der Waals surface area contributed by atoms with Crippen molar-refractivity contribution in [1.82, 2.24) is 10.3 Å². The molecule has 1 N–H and O–H groups in total. The summed E-state index contributed by atoms with van der Waals surface area (Å²) in [6, 6.07) is 0. The molecule has 3 heteroatoms. The molecule has 0 amide bonds. The summed E-state index contributed by atoms with van der Waals surface area (Å²) in [7, 11) is 0. The molecular formula is C12H22N2S. The fourth-order valence-corrected chi connectivity index (χ4v) is 2.68. The second-order valence-corrected chi connectivity index (χ2v) is 6.18. The first-order valence-electron chi connectivity index (χ1n) is 5.65. The first-order valence-corrected chi connectivity index (χ1v) is 6.47. The molecule has 15 heavy (non-hydrogen) atoms. The van der Waals surface area contributed by atoms with Crippen LogP contribution in [0, 0.1) is 12.3 Å². The van der Waals surface area contributed by atoms with Crippen molar-refractivity contribution in [2.45, 2.75) is 40.5 Å². The lowest BCUT2D eigenvalue weighted by molar-refractivity contribution is 0.341. The van der Waals surface area contributed by atoms with Crippen molar-refractivity contribution in [3.63, 3.8) is 0 Å². The van der Waals surface area contributed by atoms with Gasteiger partial charge < -0.3 is 5.32 Å². The molecule has 1 rings (SSSR count). The third kappa shape index (κ3) is 4.76. The molecule has 1 heterocycles. The molecule has 0 spiro atoms. The van der Waals surface area contributed by atoms with Gasteiger partial charge in [-0.25, -0.2) is 4.98 Å². The summed E-state index contributed by atoms with van der Waals surface area (Å²) in [5.74, 6) is 0. The average molecular weight is 226 g/mol. The van der Waals surface area contributed by atoms with Crippen LogP contribution >= 0.6 is 11.3 Å². The zero-order valence-electron chi connectivity index (χ0n) is 10.3. The molecule has 0 aliphatic carbocycles. The number of hydrogen-bond donors (Lipinski definition) is 1. The lowest BCUT2D eigenvalue weighted by Crippen LogP contribution is -2.31. The molecule has 0 aromatic carbocycles. The van der Waals surface area contributed by atoms with Gasteiger partial charge in [-0.05, 0) is 31.7 Å². The largest absolute Gasteiger partial charge is 0.316 e. The van der Waals surface area contributed by atoms with Crippen LogP contribution in [0.15, 0.2) is 6.20 Å². The molecule has 1 aromatic rings. The fourth-order valence-electron chi connectivity index (χ4n) is 1.62. The Hall–Kier alpha value is -0.410. The molecule has 0 aliphatic heterocycles. The molecule has 2 nitrogen and oxygen atoms in total. The topological polar surface area (TPSA) is 24.9 Å². The van der Waals surface area contributed by atoms with Gasteiger partial charge in [0.05, 0.1) is 5.01 Å². The van der Waals surface area contributed by atoms with Crippen LogP contribution in [0.2, 0.25) is 0 Å². The molecular weight excluding hydrogens is 204 g/mol. The summed E-state index contributed by atoms with van der Waals surface area (Å²) >= 11 is 1.81. The Bertz CT molecular complexity index is 292. The molecule has 0 atom stereocenters. The monoisotopic (exact) mass is 226 g/mol. The predicted molar refractivity (Wildman–Crippen MR) is 67.5 cm³/mol. The standard InChI is InChI=1S/C12H22N2S/c1-5-6-13-9-12(3,4)7-11-8-14-10(2)15-11/h8,13H,5-7,9H2,1-4H3. The van der Waals surface area contributed by atoms with E-state index in [4.69, 9.17) is 0 Å². The van der Waals surface area contributed by atoms with Gasteiger partial charge in [0.2, 0.25) is 0 Å². The van der Waals surface area contributed by atoms with Crippen LogP contribution in [0.1, 0.15) is 37.1 Å². The van der Waals surface area contributed by atoms with Crippen LogP contribution in [-0.4, -0.2) is 18.1 Å². The zero-order valence-corrected chi connectivity index (χ0v) is 11.1. The third-order valence-corrected chi connectivity index (χ3v) is 3.27. The van der Waals surface area contributed by atoms with Crippen molar-refractivity contribution < 1.29 is 0 Å². The smallest absolute Gasteiger partial charge is 0.0896 e. The van der Waals surface area contributed by atoms with Crippen molar-refractivity contribution >= 4 is 11.3 Å². The summed E-state index contributed by atoms with van der Waals surface area (Å²) in [5.41, 5.74) is 0.328. The molecule has 0 fully saturated rings. The SMILES string of the molecule is CCCNCC(C)(C)Cc1cnc(C)s1. The Morgan fingerprint density at radius 3 is 2.73 bits per heavy atom. The Balaban J connectivity index is 2.41. The van der Waals surface area contributed by atoms with Crippen molar-refractivity contribution in [1.29, 1.82) is 0 Å². The van der Waals surface area contributed by atoms with E-state index in [1.165, 1.54) is 16.3 Å². The number of nitrogens with zero attached hydrogens (tertiary/aromatic N) is 1. The van der Waals surface area contributed by atoms with Gasteiger partial charge in [0.25, 0.3) is 0 Å². The van der Waals surface area contributed by atoms with Crippen molar-refractivity contribution in [3.05, 3.63) is 16.1 Å². The van der Waals surface area contributed by atoms with Crippen molar-refractivity contribution in [2.24, 2.45) is 5.41 Å². The molecule has 0 aliphatic rings. The zero-order chi connectivity index (χ0) is 11.3. The highest BCUT2D eigenvalue weighted by Crippen LogP contribution is 2.24. The van der Waals surface area contributed by atoms with E-state index in [0.29, 0.717) is 5.41 Å². The van der Waals surface area contributed by atoms with Crippen molar-refractivity contribution in [3.8, 4) is 0 Å². The van der Waals surface area contributed by atoms with Gasteiger partial charge in [0.15, 0.2) is 0 Å². The maximum Gasteiger partial charge on any atom is 0.0896 e. The van der Waals surface area contributed by atoms with Gasteiger partial charge in [-0.2, -0.15) is 0 Å². The van der Waals surface area contributed by atoms with Crippen LogP contribution in [0.3, 0.4) is 0 Å². The van der Waals surface area contributed by atoms with Crippen LogP contribution < -0.4 is 5.32 Å². The second kappa shape index (κ2) is 5.61. The highest BCUT2D eigenvalue weighted by Gasteiger charge is 2.18. The minimum atomic E-state index is 0.328. The fraction of sp³-hybridized carbons (Fsp3) is 0.750. The summed E-state index contributed by atoms with van der Waals surface area (Å²) in [6.07, 6.45) is 4.34. The van der Waals surface area contributed by atoms with Gasteiger partial charge in [-0.1, -0.05) is 20.8 Å². The van der Waals surface area contributed by atoms with E-state index in [0.717, 1.165) is 19.5 Å². The van der Waals surface area contributed by atoms with E-state index in [-0.39, 0.29) is 0 Å². The van der Waals surface area contributed by atoms with Crippen LogP contribution in [0.4, 0.5) is 0 Å². The van der Waals surface area contributed by atoms with E-state index in [9.17, 15) is 0 Å². The number of thiazole rings is 1. The van der Waals surface area contributed by atoms with Gasteiger partial charge >= 0.3 is 0 Å². The van der Waals surface area contributed by atoms with Crippen LogP contribution in [0.25, 0.3) is 0 Å². The average Bonchev–Trinajstić information content (AvgIpc) is 2.50. The molecule has 0 unspecified atom stereocenters.